The van der Waals surface area contributed by atoms with Crippen LogP contribution in [0.15, 0.2) is 48.5 Å². The van der Waals surface area contributed by atoms with Crippen LogP contribution >= 0.6 is 11.6 Å². The number of nitrogens with one attached hydrogen (secondary N) is 2. The molecule has 0 bridgehead atoms. The van der Waals surface area contributed by atoms with E-state index in [0.717, 1.165) is 22.5 Å². The number of anilines is 3. The number of hydrogen-bond donors (Lipinski definition) is 2. The molecule has 132 valence electrons. The summed E-state index contributed by atoms with van der Waals surface area (Å²) in [5.74, 6) is 0.761. The minimum absolute atomic E-state index is 0.276. The minimum atomic E-state index is -0.276. The summed E-state index contributed by atoms with van der Waals surface area (Å²) in [6.07, 6.45) is 0. The van der Waals surface area contributed by atoms with Gasteiger partial charge in [-0.1, -0.05) is 35.9 Å². The van der Waals surface area contributed by atoms with E-state index in [1.165, 1.54) is 0 Å². The van der Waals surface area contributed by atoms with Gasteiger partial charge in [-0.25, -0.2) is 9.97 Å². The number of hydrogen-bond acceptors (Lipinski definition) is 4. The predicted octanol–water partition coefficient (Wildman–Crippen LogP) is 5.05. The second-order valence-electron chi connectivity index (χ2n) is 6.04. The van der Waals surface area contributed by atoms with E-state index in [2.05, 4.69) is 20.6 Å². The van der Waals surface area contributed by atoms with Crippen molar-refractivity contribution in [3.63, 3.8) is 0 Å². The summed E-state index contributed by atoms with van der Waals surface area (Å²) in [6.45, 7) is 5.67. The molecule has 1 heterocycles. The lowest BCUT2D eigenvalue weighted by molar-refractivity contribution is 0.102. The van der Waals surface area contributed by atoms with Gasteiger partial charge in [-0.15, -0.1) is 0 Å². The van der Waals surface area contributed by atoms with Crippen molar-refractivity contribution in [3.05, 3.63) is 76.2 Å². The van der Waals surface area contributed by atoms with Gasteiger partial charge < -0.3 is 10.6 Å². The molecule has 26 heavy (non-hydrogen) atoms. The Bertz CT molecular complexity index is 952. The normalized spacial score (nSPS) is 10.5. The van der Waals surface area contributed by atoms with E-state index in [9.17, 15) is 4.79 Å². The van der Waals surface area contributed by atoms with Crippen molar-refractivity contribution in [2.75, 3.05) is 10.6 Å². The van der Waals surface area contributed by atoms with E-state index in [1.807, 2.05) is 44.2 Å². The summed E-state index contributed by atoms with van der Waals surface area (Å²) in [7, 11) is 0. The van der Waals surface area contributed by atoms with Crippen molar-refractivity contribution in [3.8, 4) is 0 Å². The van der Waals surface area contributed by atoms with Crippen molar-refractivity contribution in [2.24, 2.45) is 0 Å². The van der Waals surface area contributed by atoms with Crippen molar-refractivity contribution in [2.45, 2.75) is 20.8 Å². The number of benzene rings is 2. The maximum Gasteiger partial charge on any atom is 0.274 e. The van der Waals surface area contributed by atoms with E-state index in [4.69, 9.17) is 11.6 Å². The highest BCUT2D eigenvalue weighted by Crippen LogP contribution is 2.22. The van der Waals surface area contributed by atoms with Gasteiger partial charge in [0.1, 0.15) is 17.3 Å². The molecule has 0 aliphatic heterocycles. The van der Waals surface area contributed by atoms with E-state index in [-0.39, 0.29) is 5.91 Å². The standard InChI is InChI=1S/C20H19ClN4O/c1-12-6-4-7-13(2)19(12)25-20(26)17-11-18(23-14(3)22-17)24-16-9-5-8-15(21)10-16/h4-11H,1-3H3,(H,25,26)(H,22,23,24). The molecule has 1 aromatic heterocycles. The summed E-state index contributed by atoms with van der Waals surface area (Å²) < 4.78 is 0. The van der Waals surface area contributed by atoms with Gasteiger partial charge in [-0.3, -0.25) is 4.79 Å². The molecule has 0 aliphatic rings. The lowest BCUT2D eigenvalue weighted by Gasteiger charge is -2.12. The molecule has 3 rings (SSSR count). The number of carbonyl (C=O) groups excluding carboxylic acids is 1. The van der Waals surface area contributed by atoms with Crippen LogP contribution in [0.1, 0.15) is 27.4 Å². The lowest BCUT2D eigenvalue weighted by atomic mass is 10.1. The van der Waals surface area contributed by atoms with Crippen LogP contribution in [0.25, 0.3) is 0 Å². The Hall–Kier alpha value is -2.92. The molecule has 0 radical (unpaired) electrons. The van der Waals surface area contributed by atoms with Gasteiger partial charge in [0, 0.05) is 22.5 Å². The highest BCUT2D eigenvalue weighted by molar-refractivity contribution is 6.30. The number of rotatable bonds is 4. The van der Waals surface area contributed by atoms with Crippen LogP contribution in [-0.4, -0.2) is 15.9 Å². The van der Waals surface area contributed by atoms with Crippen LogP contribution in [0, 0.1) is 20.8 Å². The van der Waals surface area contributed by atoms with Gasteiger partial charge >= 0.3 is 0 Å². The third kappa shape index (κ3) is 4.18. The molecule has 1 amide bonds. The monoisotopic (exact) mass is 366 g/mol. The molecular formula is C20H19ClN4O. The van der Waals surface area contributed by atoms with Crippen LogP contribution in [0.2, 0.25) is 5.02 Å². The van der Waals surface area contributed by atoms with E-state index < -0.39 is 0 Å². The number of amides is 1. The first-order valence-corrected chi connectivity index (χ1v) is 8.56. The third-order valence-corrected chi connectivity index (χ3v) is 4.12. The molecule has 5 nitrogen and oxygen atoms in total. The van der Waals surface area contributed by atoms with Gasteiger partial charge in [0.05, 0.1) is 0 Å². The Kier molecular flexibility index (Phi) is 5.19. The van der Waals surface area contributed by atoms with Gasteiger partial charge in [0.15, 0.2) is 0 Å². The number of aromatic nitrogens is 2. The molecule has 3 aromatic rings. The Balaban J connectivity index is 1.86. The topological polar surface area (TPSA) is 66.9 Å². The number of para-hydroxylation sites is 1. The van der Waals surface area contributed by atoms with Crippen LogP contribution in [0.5, 0.6) is 0 Å². The van der Waals surface area contributed by atoms with Gasteiger partial charge in [0.2, 0.25) is 0 Å². The van der Waals surface area contributed by atoms with Gasteiger partial charge in [-0.2, -0.15) is 0 Å². The van der Waals surface area contributed by atoms with Crippen molar-refractivity contribution in [1.82, 2.24) is 9.97 Å². The first-order chi connectivity index (χ1) is 12.4. The van der Waals surface area contributed by atoms with E-state index >= 15 is 0 Å². The minimum Gasteiger partial charge on any atom is -0.340 e. The number of carbonyl (C=O) groups is 1. The molecule has 0 saturated heterocycles. The number of halogens is 1. The van der Waals surface area contributed by atoms with E-state index in [1.54, 1.807) is 25.1 Å². The van der Waals surface area contributed by atoms with Crippen LogP contribution < -0.4 is 10.6 Å². The first kappa shape index (κ1) is 17.9. The van der Waals surface area contributed by atoms with Crippen LogP contribution in [-0.2, 0) is 0 Å². The fourth-order valence-electron chi connectivity index (χ4n) is 2.65. The summed E-state index contributed by atoms with van der Waals surface area (Å²) >= 11 is 6.01. The average Bonchev–Trinajstić information content (AvgIpc) is 2.57. The van der Waals surface area contributed by atoms with Crippen molar-refractivity contribution >= 4 is 34.7 Å². The third-order valence-electron chi connectivity index (χ3n) is 3.89. The molecule has 6 heteroatoms. The molecule has 0 aliphatic carbocycles. The largest absolute Gasteiger partial charge is 0.340 e. The summed E-state index contributed by atoms with van der Waals surface area (Å²) in [4.78, 5) is 21.3. The molecule has 2 N–H and O–H groups in total. The highest BCUT2D eigenvalue weighted by Gasteiger charge is 2.13. The molecule has 0 atom stereocenters. The Labute approximate surface area is 157 Å². The Morgan fingerprint density at radius 2 is 1.65 bits per heavy atom. The van der Waals surface area contributed by atoms with Gasteiger partial charge in [0.25, 0.3) is 5.91 Å². The van der Waals surface area contributed by atoms with E-state index in [0.29, 0.717) is 22.4 Å². The first-order valence-electron chi connectivity index (χ1n) is 8.18. The number of aryl methyl sites for hydroxylation is 3. The molecule has 0 unspecified atom stereocenters. The maximum atomic E-state index is 12.7. The summed E-state index contributed by atoms with van der Waals surface area (Å²) in [5.41, 5.74) is 3.89. The highest BCUT2D eigenvalue weighted by atomic mass is 35.5. The average molecular weight is 367 g/mol. The molecule has 0 saturated carbocycles. The second kappa shape index (κ2) is 7.54. The zero-order valence-electron chi connectivity index (χ0n) is 14.8. The predicted molar refractivity (Wildman–Crippen MR) is 105 cm³/mol. The van der Waals surface area contributed by atoms with Crippen LogP contribution in [0.3, 0.4) is 0 Å². The van der Waals surface area contributed by atoms with Crippen molar-refractivity contribution < 1.29 is 4.79 Å². The molecule has 0 fully saturated rings. The molecular weight excluding hydrogens is 348 g/mol. The maximum absolute atomic E-state index is 12.7. The number of nitrogens with zero attached hydrogens (tertiary/aromatic N) is 2. The molecule has 2 aromatic carbocycles. The quantitative estimate of drug-likeness (QED) is 0.678. The SMILES string of the molecule is Cc1nc(Nc2cccc(Cl)c2)cc(C(=O)Nc2c(C)cccc2C)n1. The lowest BCUT2D eigenvalue weighted by Crippen LogP contribution is -2.16. The zero-order chi connectivity index (χ0) is 18.7. The zero-order valence-corrected chi connectivity index (χ0v) is 15.6. The fraction of sp³-hybridized carbons (Fsp3) is 0.150. The summed E-state index contributed by atoms with van der Waals surface area (Å²) in [6, 6.07) is 14.8. The van der Waals surface area contributed by atoms with Gasteiger partial charge in [-0.05, 0) is 50.1 Å². The second-order valence-corrected chi connectivity index (χ2v) is 6.48. The molecule has 0 spiro atoms. The van der Waals surface area contributed by atoms with Crippen LogP contribution in [0.4, 0.5) is 17.2 Å². The smallest absolute Gasteiger partial charge is 0.274 e. The fourth-order valence-corrected chi connectivity index (χ4v) is 2.84. The Morgan fingerprint density at radius 3 is 2.35 bits per heavy atom. The summed E-state index contributed by atoms with van der Waals surface area (Å²) in [5, 5.41) is 6.72. The Morgan fingerprint density at radius 1 is 0.962 bits per heavy atom. The van der Waals surface area contributed by atoms with Crippen molar-refractivity contribution in [1.29, 1.82) is 0 Å².